The van der Waals surface area contributed by atoms with E-state index in [1.165, 1.54) is 0 Å². The second-order valence-corrected chi connectivity index (χ2v) is 4.88. The molecule has 0 saturated carbocycles. The largest absolute Gasteiger partial charge is 0.444 e. The maximum Gasteiger partial charge on any atom is 0.258 e. The molecule has 0 unspecified atom stereocenters. The number of aromatic amines is 1. The van der Waals surface area contributed by atoms with E-state index >= 15 is 0 Å². The summed E-state index contributed by atoms with van der Waals surface area (Å²) in [6.45, 7) is 4.73. The number of benzene rings is 1. The Labute approximate surface area is 121 Å². The molecule has 0 aliphatic rings. The van der Waals surface area contributed by atoms with Crippen molar-refractivity contribution in [2.24, 2.45) is 0 Å². The molecule has 0 aliphatic heterocycles. The van der Waals surface area contributed by atoms with Gasteiger partial charge < -0.3 is 14.7 Å². The number of rotatable bonds is 4. The zero-order valence-electron chi connectivity index (χ0n) is 11.9. The Morgan fingerprint density at radius 1 is 1.19 bits per heavy atom. The fourth-order valence-corrected chi connectivity index (χ4v) is 2.12. The monoisotopic (exact) mass is 284 g/mol. The van der Waals surface area contributed by atoms with Gasteiger partial charge in [-0.05, 0) is 26.0 Å². The number of H-pyrrole nitrogens is 1. The van der Waals surface area contributed by atoms with Gasteiger partial charge in [-0.15, -0.1) is 0 Å². The van der Waals surface area contributed by atoms with Crippen LogP contribution in [0.3, 0.4) is 0 Å². The Hall–Kier alpha value is -2.47. The van der Waals surface area contributed by atoms with Crippen LogP contribution in [0.25, 0.3) is 10.9 Å². The summed E-state index contributed by atoms with van der Waals surface area (Å²) in [7, 11) is 0. The summed E-state index contributed by atoms with van der Waals surface area (Å²) in [5.41, 5.74) is 1.46. The summed E-state index contributed by atoms with van der Waals surface area (Å²) < 4.78 is 5.48. The van der Waals surface area contributed by atoms with Crippen LogP contribution in [0, 0.1) is 13.8 Å². The molecule has 0 amide bonds. The van der Waals surface area contributed by atoms with Gasteiger partial charge in [-0.2, -0.15) is 0 Å². The van der Waals surface area contributed by atoms with Gasteiger partial charge in [0.1, 0.15) is 11.6 Å². The lowest BCUT2D eigenvalue weighted by Crippen LogP contribution is -2.19. The van der Waals surface area contributed by atoms with Crippen molar-refractivity contribution in [2.75, 3.05) is 0 Å². The number of aryl methyl sites for hydroxylation is 2. The molecule has 0 atom stereocenters. The molecule has 0 fully saturated rings. The Morgan fingerprint density at radius 3 is 2.76 bits per heavy atom. The molecule has 21 heavy (non-hydrogen) atoms. The zero-order valence-corrected chi connectivity index (χ0v) is 11.9. The molecule has 0 aliphatic carbocycles. The first-order valence-corrected chi connectivity index (χ1v) is 6.75. The number of fused-ring (bicyclic) bond motifs is 1. The van der Waals surface area contributed by atoms with Gasteiger partial charge in [0.15, 0.2) is 0 Å². The molecule has 3 aromatic rings. The molecule has 1 aromatic carbocycles. The molecule has 0 spiro atoms. The van der Waals surface area contributed by atoms with Gasteiger partial charge in [0, 0.05) is 0 Å². The van der Waals surface area contributed by atoms with Gasteiger partial charge in [0.05, 0.1) is 29.7 Å². The quantitative estimate of drug-likeness (QED) is 0.763. The van der Waals surface area contributed by atoms with E-state index in [4.69, 9.17) is 4.42 Å². The van der Waals surface area contributed by atoms with Crippen molar-refractivity contribution < 1.29 is 4.42 Å². The summed E-state index contributed by atoms with van der Waals surface area (Å²) in [6.07, 6.45) is 0. The summed E-state index contributed by atoms with van der Waals surface area (Å²) >= 11 is 0. The lowest BCUT2D eigenvalue weighted by Gasteiger charge is -2.03. The molecule has 6 nitrogen and oxygen atoms in total. The molecule has 3 rings (SSSR count). The van der Waals surface area contributed by atoms with Crippen molar-refractivity contribution in [1.82, 2.24) is 20.3 Å². The van der Waals surface area contributed by atoms with E-state index in [1.54, 1.807) is 6.07 Å². The Balaban J connectivity index is 1.72. The third-order valence-electron chi connectivity index (χ3n) is 3.30. The van der Waals surface area contributed by atoms with E-state index < -0.39 is 0 Å². The number of oxazole rings is 1. The molecular formula is C15H16N4O2. The Kier molecular flexibility index (Phi) is 3.53. The van der Waals surface area contributed by atoms with Crippen molar-refractivity contribution in [3.63, 3.8) is 0 Å². The maximum absolute atomic E-state index is 11.9. The zero-order chi connectivity index (χ0) is 14.8. The molecule has 6 heteroatoms. The van der Waals surface area contributed by atoms with Crippen LogP contribution in [-0.2, 0) is 13.1 Å². The summed E-state index contributed by atoms with van der Waals surface area (Å²) in [5.74, 6) is 2.05. The van der Waals surface area contributed by atoms with Gasteiger partial charge in [0.25, 0.3) is 5.56 Å². The fourth-order valence-electron chi connectivity index (χ4n) is 2.12. The third kappa shape index (κ3) is 2.85. The minimum atomic E-state index is -0.125. The van der Waals surface area contributed by atoms with Gasteiger partial charge in [0.2, 0.25) is 5.89 Å². The molecule has 0 radical (unpaired) electrons. The van der Waals surface area contributed by atoms with Crippen LogP contribution < -0.4 is 10.9 Å². The average molecular weight is 284 g/mol. The number of hydrogen-bond donors (Lipinski definition) is 2. The van der Waals surface area contributed by atoms with Crippen molar-refractivity contribution in [2.45, 2.75) is 26.9 Å². The highest BCUT2D eigenvalue weighted by Crippen LogP contribution is 2.08. The van der Waals surface area contributed by atoms with Crippen LogP contribution in [0.15, 0.2) is 33.5 Å². The van der Waals surface area contributed by atoms with Crippen molar-refractivity contribution >= 4 is 10.9 Å². The van der Waals surface area contributed by atoms with E-state index in [9.17, 15) is 4.79 Å². The highest BCUT2D eigenvalue weighted by atomic mass is 16.4. The van der Waals surface area contributed by atoms with E-state index in [1.807, 2.05) is 32.0 Å². The third-order valence-corrected chi connectivity index (χ3v) is 3.30. The Bertz CT molecular complexity index is 816. The molecule has 0 bridgehead atoms. The van der Waals surface area contributed by atoms with Crippen LogP contribution in [0.4, 0.5) is 0 Å². The summed E-state index contributed by atoms with van der Waals surface area (Å²) in [5, 5.41) is 3.76. The van der Waals surface area contributed by atoms with Crippen molar-refractivity contribution in [3.8, 4) is 0 Å². The van der Waals surface area contributed by atoms with E-state index in [0.717, 1.165) is 11.5 Å². The van der Waals surface area contributed by atoms with Gasteiger partial charge in [-0.1, -0.05) is 12.1 Å². The Morgan fingerprint density at radius 2 is 2.00 bits per heavy atom. The first kappa shape index (κ1) is 13.5. The summed E-state index contributed by atoms with van der Waals surface area (Å²) in [4.78, 5) is 23.4. The first-order chi connectivity index (χ1) is 10.1. The van der Waals surface area contributed by atoms with Gasteiger partial charge >= 0.3 is 0 Å². The smallest absolute Gasteiger partial charge is 0.258 e. The lowest BCUT2D eigenvalue weighted by atomic mass is 10.2. The average Bonchev–Trinajstić information content (AvgIpc) is 2.78. The minimum absolute atomic E-state index is 0.125. The van der Waals surface area contributed by atoms with E-state index in [0.29, 0.717) is 35.7 Å². The van der Waals surface area contributed by atoms with Crippen LogP contribution in [0.1, 0.15) is 23.2 Å². The number of hydrogen-bond acceptors (Lipinski definition) is 5. The van der Waals surface area contributed by atoms with Crippen LogP contribution in [0.5, 0.6) is 0 Å². The second kappa shape index (κ2) is 5.49. The lowest BCUT2D eigenvalue weighted by molar-refractivity contribution is 0.447. The molecule has 2 N–H and O–H groups in total. The maximum atomic E-state index is 11.9. The minimum Gasteiger partial charge on any atom is -0.444 e. The fraction of sp³-hybridized carbons (Fsp3) is 0.267. The van der Waals surface area contributed by atoms with Crippen molar-refractivity contribution in [1.29, 1.82) is 0 Å². The second-order valence-electron chi connectivity index (χ2n) is 4.88. The molecule has 2 aromatic heterocycles. The number of nitrogens with one attached hydrogen (secondary N) is 2. The molecule has 2 heterocycles. The number of para-hydroxylation sites is 1. The van der Waals surface area contributed by atoms with Gasteiger partial charge in [-0.25, -0.2) is 9.97 Å². The summed E-state index contributed by atoms with van der Waals surface area (Å²) in [6, 6.07) is 7.28. The van der Waals surface area contributed by atoms with Crippen LogP contribution in [-0.4, -0.2) is 15.0 Å². The highest BCUT2D eigenvalue weighted by molar-refractivity contribution is 5.77. The first-order valence-electron chi connectivity index (χ1n) is 6.75. The standard InChI is InChI=1S/C15H16N4O2/c1-9-10(2)21-14(17-9)8-16-7-13-18-12-6-4-3-5-11(12)15(20)19-13/h3-6,16H,7-8H2,1-2H3,(H,18,19,20). The molecule has 108 valence electrons. The highest BCUT2D eigenvalue weighted by Gasteiger charge is 2.06. The predicted molar refractivity (Wildman–Crippen MR) is 78.9 cm³/mol. The number of aromatic nitrogens is 3. The topological polar surface area (TPSA) is 83.8 Å². The molecular weight excluding hydrogens is 268 g/mol. The van der Waals surface area contributed by atoms with E-state index in [2.05, 4.69) is 20.3 Å². The van der Waals surface area contributed by atoms with Crippen LogP contribution >= 0.6 is 0 Å². The normalized spacial score (nSPS) is 11.1. The van der Waals surface area contributed by atoms with E-state index in [-0.39, 0.29) is 5.56 Å². The number of nitrogens with zero attached hydrogens (tertiary/aromatic N) is 2. The van der Waals surface area contributed by atoms with Crippen LogP contribution in [0.2, 0.25) is 0 Å². The van der Waals surface area contributed by atoms with Crippen molar-refractivity contribution in [3.05, 3.63) is 57.8 Å². The van der Waals surface area contributed by atoms with Gasteiger partial charge in [-0.3, -0.25) is 4.79 Å². The molecule has 0 saturated heterocycles. The predicted octanol–water partition coefficient (Wildman–Crippen LogP) is 1.82. The SMILES string of the molecule is Cc1nc(CNCc2nc3ccccc3c(=O)[nH]2)oc1C.